The minimum Gasteiger partial charge on any atom is -0.497 e. The minimum absolute atomic E-state index is 0.0810. The molecule has 6 heteroatoms. The summed E-state index contributed by atoms with van der Waals surface area (Å²) in [4.78, 5) is 29.2. The van der Waals surface area contributed by atoms with Gasteiger partial charge in [-0.1, -0.05) is 55.3 Å². The summed E-state index contributed by atoms with van der Waals surface area (Å²) in [5.41, 5.74) is 2.25. The molecule has 0 bridgehead atoms. The Morgan fingerprint density at radius 1 is 0.892 bits per heavy atom. The maximum Gasteiger partial charge on any atom is 0.247 e. The first-order chi connectivity index (χ1) is 18.1. The predicted octanol–water partition coefficient (Wildman–Crippen LogP) is 5.72. The lowest BCUT2D eigenvalue weighted by Gasteiger charge is -2.35. The SMILES string of the molecule is COc1ccc(C2(C(=O)N3CCC[C@@H]3C(=O)Nc3ccc(OCc4ccccc4)cc3)CCCC2)cc1. The number of hydrogen-bond acceptors (Lipinski definition) is 4. The number of nitrogens with one attached hydrogen (secondary N) is 1. The van der Waals surface area contributed by atoms with Gasteiger partial charge in [0.1, 0.15) is 24.1 Å². The number of carbonyl (C=O) groups excluding carboxylic acids is 2. The maximum atomic E-state index is 14.0. The van der Waals surface area contributed by atoms with Gasteiger partial charge in [-0.2, -0.15) is 0 Å². The summed E-state index contributed by atoms with van der Waals surface area (Å²) in [6.45, 7) is 1.10. The largest absolute Gasteiger partial charge is 0.497 e. The summed E-state index contributed by atoms with van der Waals surface area (Å²) in [7, 11) is 1.64. The molecule has 1 aliphatic carbocycles. The summed E-state index contributed by atoms with van der Waals surface area (Å²) < 4.78 is 11.2. The highest BCUT2D eigenvalue weighted by atomic mass is 16.5. The zero-order valence-corrected chi connectivity index (χ0v) is 21.3. The van der Waals surface area contributed by atoms with Gasteiger partial charge in [0.05, 0.1) is 12.5 Å². The number of methoxy groups -OCH3 is 1. The fourth-order valence-electron chi connectivity index (χ4n) is 5.67. The number of hydrogen-bond donors (Lipinski definition) is 1. The molecule has 0 aromatic heterocycles. The van der Waals surface area contributed by atoms with Gasteiger partial charge in [-0.15, -0.1) is 0 Å². The van der Waals surface area contributed by atoms with E-state index >= 15 is 0 Å². The second-order valence-electron chi connectivity index (χ2n) is 9.96. The van der Waals surface area contributed by atoms with Gasteiger partial charge < -0.3 is 19.7 Å². The molecular formula is C31H34N2O4. The van der Waals surface area contributed by atoms with E-state index in [0.29, 0.717) is 25.3 Å². The number of likely N-dealkylation sites (tertiary alicyclic amines) is 1. The van der Waals surface area contributed by atoms with Crippen LogP contribution in [0.2, 0.25) is 0 Å². The molecule has 2 amide bonds. The summed E-state index contributed by atoms with van der Waals surface area (Å²) in [6.07, 6.45) is 5.16. The monoisotopic (exact) mass is 498 g/mol. The third-order valence-electron chi connectivity index (χ3n) is 7.70. The van der Waals surface area contributed by atoms with Crippen LogP contribution in [0.1, 0.15) is 49.7 Å². The van der Waals surface area contributed by atoms with Crippen molar-refractivity contribution in [2.75, 3.05) is 19.0 Å². The van der Waals surface area contributed by atoms with Gasteiger partial charge in [0, 0.05) is 12.2 Å². The highest BCUT2D eigenvalue weighted by Gasteiger charge is 2.48. The first kappa shape index (κ1) is 24.9. The van der Waals surface area contributed by atoms with Gasteiger partial charge in [-0.05, 0) is 73.2 Å². The summed E-state index contributed by atoms with van der Waals surface area (Å²) in [6, 6.07) is 24.8. The van der Waals surface area contributed by atoms with Gasteiger partial charge in [-0.25, -0.2) is 0 Å². The maximum absolute atomic E-state index is 14.0. The van der Waals surface area contributed by atoms with Crippen molar-refractivity contribution in [1.82, 2.24) is 4.90 Å². The van der Waals surface area contributed by atoms with Gasteiger partial charge >= 0.3 is 0 Å². The molecular weight excluding hydrogens is 464 g/mol. The predicted molar refractivity (Wildman–Crippen MR) is 144 cm³/mol. The molecule has 1 atom stereocenters. The molecule has 5 rings (SSSR count). The first-order valence-electron chi connectivity index (χ1n) is 13.1. The third kappa shape index (κ3) is 5.33. The number of rotatable bonds is 8. The third-order valence-corrected chi connectivity index (χ3v) is 7.70. The Bertz CT molecular complexity index is 1200. The van der Waals surface area contributed by atoms with Crippen LogP contribution >= 0.6 is 0 Å². The fourth-order valence-corrected chi connectivity index (χ4v) is 5.67. The van der Waals surface area contributed by atoms with E-state index in [4.69, 9.17) is 9.47 Å². The van der Waals surface area contributed by atoms with Crippen LogP contribution in [0.3, 0.4) is 0 Å². The Kier molecular flexibility index (Phi) is 7.45. The standard InChI is InChI=1S/C31H34N2O4/c1-36-26-15-11-24(12-16-26)31(19-5-6-20-31)30(35)33-21-7-10-28(33)29(34)32-25-13-17-27(18-14-25)37-22-23-8-3-2-4-9-23/h2-4,8-9,11-18,28H,5-7,10,19-22H2,1H3,(H,32,34)/t28-/m1/s1. The molecule has 0 radical (unpaired) electrons. The molecule has 1 saturated heterocycles. The molecule has 1 heterocycles. The van der Waals surface area contributed by atoms with E-state index in [0.717, 1.165) is 54.7 Å². The highest BCUT2D eigenvalue weighted by molar-refractivity contribution is 5.99. The van der Waals surface area contributed by atoms with E-state index in [1.807, 2.05) is 83.8 Å². The summed E-state index contributed by atoms with van der Waals surface area (Å²) >= 11 is 0. The quantitative estimate of drug-likeness (QED) is 0.432. The van der Waals surface area contributed by atoms with E-state index in [-0.39, 0.29) is 11.8 Å². The van der Waals surface area contributed by atoms with Crippen LogP contribution in [0.5, 0.6) is 11.5 Å². The Labute approximate surface area is 218 Å². The van der Waals surface area contributed by atoms with E-state index in [1.165, 1.54) is 0 Å². The molecule has 2 aliphatic rings. The number of carbonyl (C=O) groups is 2. The molecule has 2 fully saturated rings. The van der Waals surface area contributed by atoms with E-state index in [9.17, 15) is 9.59 Å². The topological polar surface area (TPSA) is 67.9 Å². The normalized spacial score (nSPS) is 18.4. The Balaban J connectivity index is 1.25. The van der Waals surface area contributed by atoms with Crippen LogP contribution in [-0.2, 0) is 21.6 Å². The van der Waals surface area contributed by atoms with E-state index < -0.39 is 11.5 Å². The average molecular weight is 499 g/mol. The molecule has 6 nitrogen and oxygen atoms in total. The zero-order chi connectivity index (χ0) is 25.7. The molecule has 3 aromatic carbocycles. The van der Waals surface area contributed by atoms with Crippen molar-refractivity contribution in [3.05, 3.63) is 90.0 Å². The van der Waals surface area contributed by atoms with Crippen molar-refractivity contribution in [1.29, 1.82) is 0 Å². The Morgan fingerprint density at radius 3 is 2.24 bits per heavy atom. The second kappa shape index (κ2) is 11.1. The lowest BCUT2D eigenvalue weighted by atomic mass is 9.77. The Morgan fingerprint density at radius 2 is 1.57 bits per heavy atom. The van der Waals surface area contributed by atoms with Crippen molar-refractivity contribution in [2.45, 2.75) is 56.6 Å². The van der Waals surface area contributed by atoms with E-state index in [2.05, 4.69) is 5.32 Å². The van der Waals surface area contributed by atoms with Crippen LogP contribution in [0, 0.1) is 0 Å². The van der Waals surface area contributed by atoms with Crippen molar-refractivity contribution in [2.24, 2.45) is 0 Å². The van der Waals surface area contributed by atoms with Gasteiger partial charge in [0.2, 0.25) is 11.8 Å². The van der Waals surface area contributed by atoms with Crippen molar-refractivity contribution >= 4 is 17.5 Å². The fraction of sp³-hybridized carbons (Fsp3) is 0.355. The Hall–Kier alpha value is -3.80. The van der Waals surface area contributed by atoms with Gasteiger partial charge in [0.25, 0.3) is 0 Å². The summed E-state index contributed by atoms with van der Waals surface area (Å²) in [5.74, 6) is 1.46. The molecule has 3 aromatic rings. The average Bonchev–Trinajstić information content (AvgIpc) is 3.64. The molecule has 0 spiro atoms. The summed E-state index contributed by atoms with van der Waals surface area (Å²) in [5, 5.41) is 3.02. The van der Waals surface area contributed by atoms with Gasteiger partial charge in [-0.3, -0.25) is 9.59 Å². The van der Waals surface area contributed by atoms with Crippen molar-refractivity contribution in [3.63, 3.8) is 0 Å². The van der Waals surface area contributed by atoms with Crippen molar-refractivity contribution < 1.29 is 19.1 Å². The lowest BCUT2D eigenvalue weighted by Crippen LogP contribution is -2.51. The number of ether oxygens (including phenoxy) is 2. The molecule has 37 heavy (non-hydrogen) atoms. The van der Waals surface area contributed by atoms with E-state index in [1.54, 1.807) is 7.11 Å². The molecule has 1 N–H and O–H groups in total. The number of amides is 2. The van der Waals surface area contributed by atoms with Crippen LogP contribution in [-0.4, -0.2) is 36.4 Å². The smallest absolute Gasteiger partial charge is 0.247 e. The number of nitrogens with zero attached hydrogens (tertiary/aromatic N) is 1. The molecule has 1 saturated carbocycles. The molecule has 192 valence electrons. The number of anilines is 1. The molecule has 1 aliphatic heterocycles. The first-order valence-corrected chi connectivity index (χ1v) is 13.1. The second-order valence-corrected chi connectivity index (χ2v) is 9.96. The minimum atomic E-state index is -0.563. The zero-order valence-electron chi connectivity index (χ0n) is 21.3. The highest BCUT2D eigenvalue weighted by Crippen LogP contribution is 2.44. The number of benzene rings is 3. The molecule has 0 unspecified atom stereocenters. The van der Waals surface area contributed by atoms with Gasteiger partial charge in [0.15, 0.2) is 0 Å². The van der Waals surface area contributed by atoms with Crippen LogP contribution < -0.4 is 14.8 Å². The van der Waals surface area contributed by atoms with Crippen molar-refractivity contribution in [3.8, 4) is 11.5 Å². The van der Waals surface area contributed by atoms with Crippen LogP contribution in [0.15, 0.2) is 78.9 Å². The van der Waals surface area contributed by atoms with Crippen LogP contribution in [0.4, 0.5) is 5.69 Å². The lowest BCUT2D eigenvalue weighted by molar-refractivity contribution is -0.141. The van der Waals surface area contributed by atoms with Crippen LogP contribution in [0.25, 0.3) is 0 Å².